The van der Waals surface area contributed by atoms with Gasteiger partial charge in [0.1, 0.15) is 12.1 Å². The number of nitrogens with zero attached hydrogens (tertiary/aromatic N) is 2. The van der Waals surface area contributed by atoms with Crippen LogP contribution in [0.25, 0.3) is 0 Å². The first kappa shape index (κ1) is 12.8. The van der Waals surface area contributed by atoms with Crippen LogP contribution in [0.2, 0.25) is 0 Å². The van der Waals surface area contributed by atoms with Gasteiger partial charge in [0, 0.05) is 16.8 Å². The van der Waals surface area contributed by atoms with Crippen LogP contribution in [0.5, 0.6) is 0 Å². The highest BCUT2D eigenvalue weighted by atomic mass is 16.4. The minimum absolute atomic E-state index is 0.0613. The maximum absolute atomic E-state index is 10.8. The van der Waals surface area contributed by atoms with Crippen molar-refractivity contribution in [3.05, 3.63) is 17.6 Å². The first-order chi connectivity index (χ1) is 8.48. The number of nitrogens with one attached hydrogen (secondary N) is 1. The zero-order valence-electron chi connectivity index (χ0n) is 10.9. The molecule has 5 nitrogen and oxygen atoms in total. The van der Waals surface area contributed by atoms with E-state index in [4.69, 9.17) is 5.11 Å². The monoisotopic (exact) mass is 249 g/mol. The summed E-state index contributed by atoms with van der Waals surface area (Å²) < 4.78 is 0. The molecule has 0 aromatic carbocycles. The number of carboxylic acid groups (broad SMARTS) is 1. The lowest BCUT2D eigenvalue weighted by Gasteiger charge is -2.27. The van der Waals surface area contributed by atoms with Crippen LogP contribution in [-0.2, 0) is 17.6 Å². The summed E-state index contributed by atoms with van der Waals surface area (Å²) in [5.74, 6) is -0.0126. The van der Waals surface area contributed by atoms with Gasteiger partial charge in [-0.05, 0) is 39.5 Å². The van der Waals surface area contributed by atoms with E-state index >= 15 is 0 Å². The lowest BCUT2D eigenvalue weighted by atomic mass is 9.95. The normalized spacial score (nSPS) is 15.0. The average Bonchev–Trinajstić information content (AvgIpc) is 2.27. The number of fused-ring (bicyclic) bond motifs is 1. The Morgan fingerprint density at radius 3 is 2.83 bits per heavy atom. The van der Waals surface area contributed by atoms with Crippen molar-refractivity contribution in [3.63, 3.8) is 0 Å². The van der Waals surface area contributed by atoms with Crippen LogP contribution < -0.4 is 5.32 Å². The highest BCUT2D eigenvalue weighted by Crippen LogP contribution is 2.27. The standard InChI is InChI=1S/C13H19N3O2/c1-13(2,7-11(17)18)16-12-9-5-3-4-6-10(9)14-8-15-12/h8H,3-7H2,1-2H3,(H,17,18)(H,14,15,16). The molecule has 0 saturated heterocycles. The summed E-state index contributed by atoms with van der Waals surface area (Å²) in [6.45, 7) is 3.75. The Hall–Kier alpha value is -1.65. The lowest BCUT2D eigenvalue weighted by Crippen LogP contribution is -2.34. The van der Waals surface area contributed by atoms with Gasteiger partial charge >= 0.3 is 5.97 Å². The molecule has 0 bridgehead atoms. The lowest BCUT2D eigenvalue weighted by molar-refractivity contribution is -0.137. The maximum Gasteiger partial charge on any atom is 0.305 e. The van der Waals surface area contributed by atoms with Gasteiger partial charge in [0.25, 0.3) is 0 Å². The quantitative estimate of drug-likeness (QED) is 0.853. The summed E-state index contributed by atoms with van der Waals surface area (Å²) in [7, 11) is 0. The molecule has 0 amide bonds. The van der Waals surface area contributed by atoms with E-state index in [0.717, 1.165) is 36.3 Å². The molecule has 0 unspecified atom stereocenters. The Balaban J connectivity index is 2.21. The van der Waals surface area contributed by atoms with Crippen molar-refractivity contribution < 1.29 is 9.90 Å². The largest absolute Gasteiger partial charge is 0.481 e. The molecule has 0 atom stereocenters. The van der Waals surface area contributed by atoms with Crippen LogP contribution in [0.15, 0.2) is 6.33 Å². The molecule has 1 aliphatic carbocycles. The van der Waals surface area contributed by atoms with Crippen molar-refractivity contribution in [1.82, 2.24) is 9.97 Å². The molecule has 0 fully saturated rings. The molecule has 0 radical (unpaired) electrons. The van der Waals surface area contributed by atoms with Crippen LogP contribution in [0.3, 0.4) is 0 Å². The molecule has 2 rings (SSSR count). The van der Waals surface area contributed by atoms with E-state index in [1.807, 2.05) is 13.8 Å². The minimum atomic E-state index is -0.810. The summed E-state index contributed by atoms with van der Waals surface area (Å²) in [4.78, 5) is 19.4. The van der Waals surface area contributed by atoms with E-state index in [0.29, 0.717) is 0 Å². The molecule has 1 aromatic heterocycles. The summed E-state index contributed by atoms with van der Waals surface area (Å²) in [6, 6.07) is 0. The van der Waals surface area contributed by atoms with Crippen LogP contribution in [-0.4, -0.2) is 26.6 Å². The fourth-order valence-electron chi connectivity index (χ4n) is 2.37. The zero-order chi connectivity index (χ0) is 13.2. The topological polar surface area (TPSA) is 75.1 Å². The Labute approximate surface area is 107 Å². The highest BCUT2D eigenvalue weighted by molar-refractivity contribution is 5.69. The number of carbonyl (C=O) groups is 1. The van der Waals surface area contributed by atoms with Crippen molar-refractivity contribution in [2.75, 3.05) is 5.32 Å². The minimum Gasteiger partial charge on any atom is -0.481 e. The Bertz CT molecular complexity index is 458. The number of rotatable bonds is 4. The molecule has 2 N–H and O–H groups in total. The zero-order valence-corrected chi connectivity index (χ0v) is 10.9. The van der Waals surface area contributed by atoms with Gasteiger partial charge in [0.05, 0.1) is 6.42 Å². The molecule has 1 aromatic rings. The van der Waals surface area contributed by atoms with E-state index in [1.54, 1.807) is 6.33 Å². The maximum atomic E-state index is 10.8. The average molecular weight is 249 g/mol. The molecule has 5 heteroatoms. The predicted octanol–water partition coefficient (Wildman–Crippen LogP) is 2.02. The van der Waals surface area contributed by atoms with Crippen molar-refractivity contribution in [2.24, 2.45) is 0 Å². The van der Waals surface area contributed by atoms with Gasteiger partial charge in [-0.25, -0.2) is 9.97 Å². The van der Waals surface area contributed by atoms with Gasteiger partial charge in [-0.15, -0.1) is 0 Å². The van der Waals surface area contributed by atoms with E-state index in [2.05, 4.69) is 15.3 Å². The number of hydrogen-bond donors (Lipinski definition) is 2. The Morgan fingerprint density at radius 2 is 2.11 bits per heavy atom. The summed E-state index contributed by atoms with van der Waals surface area (Å²) in [5.41, 5.74) is 1.75. The third kappa shape index (κ3) is 2.97. The van der Waals surface area contributed by atoms with Crippen LogP contribution in [0.4, 0.5) is 5.82 Å². The molecule has 98 valence electrons. The summed E-state index contributed by atoms with van der Waals surface area (Å²) >= 11 is 0. The van der Waals surface area contributed by atoms with Crippen molar-refractivity contribution in [2.45, 2.75) is 51.5 Å². The number of aryl methyl sites for hydroxylation is 1. The van der Waals surface area contributed by atoms with Gasteiger partial charge in [-0.2, -0.15) is 0 Å². The molecule has 1 heterocycles. The van der Waals surface area contributed by atoms with Crippen LogP contribution in [0.1, 0.15) is 44.4 Å². The Morgan fingerprint density at radius 1 is 1.39 bits per heavy atom. The summed E-state index contributed by atoms with van der Waals surface area (Å²) in [5, 5.41) is 12.1. The van der Waals surface area contributed by atoms with Gasteiger partial charge < -0.3 is 10.4 Å². The van der Waals surface area contributed by atoms with Gasteiger partial charge in [-0.3, -0.25) is 4.79 Å². The number of aliphatic carboxylic acids is 1. The molecule has 0 spiro atoms. The molecular weight excluding hydrogens is 230 g/mol. The predicted molar refractivity (Wildman–Crippen MR) is 68.6 cm³/mol. The van der Waals surface area contributed by atoms with Crippen molar-refractivity contribution >= 4 is 11.8 Å². The number of carboxylic acids is 1. The van der Waals surface area contributed by atoms with Crippen LogP contribution in [0, 0.1) is 0 Å². The van der Waals surface area contributed by atoms with E-state index in [1.165, 1.54) is 6.42 Å². The molecule has 0 aliphatic heterocycles. The fraction of sp³-hybridized carbons (Fsp3) is 0.615. The molecule has 1 aliphatic rings. The number of anilines is 1. The SMILES string of the molecule is CC(C)(CC(=O)O)Nc1ncnc2c1CCCC2. The highest BCUT2D eigenvalue weighted by Gasteiger charge is 2.24. The third-order valence-corrected chi connectivity index (χ3v) is 3.17. The van der Waals surface area contributed by atoms with Gasteiger partial charge in [0.15, 0.2) is 0 Å². The smallest absolute Gasteiger partial charge is 0.305 e. The second-order valence-corrected chi connectivity index (χ2v) is 5.43. The van der Waals surface area contributed by atoms with Crippen molar-refractivity contribution in [3.8, 4) is 0 Å². The first-order valence-corrected chi connectivity index (χ1v) is 6.31. The van der Waals surface area contributed by atoms with E-state index in [9.17, 15) is 4.79 Å². The van der Waals surface area contributed by atoms with Gasteiger partial charge in [-0.1, -0.05) is 0 Å². The fourth-order valence-corrected chi connectivity index (χ4v) is 2.37. The second kappa shape index (κ2) is 4.92. The Kier molecular flexibility index (Phi) is 3.50. The van der Waals surface area contributed by atoms with Crippen molar-refractivity contribution in [1.29, 1.82) is 0 Å². The first-order valence-electron chi connectivity index (χ1n) is 6.31. The third-order valence-electron chi connectivity index (χ3n) is 3.17. The molecular formula is C13H19N3O2. The van der Waals surface area contributed by atoms with E-state index in [-0.39, 0.29) is 6.42 Å². The molecule has 0 saturated carbocycles. The van der Waals surface area contributed by atoms with Crippen LogP contribution >= 0.6 is 0 Å². The second-order valence-electron chi connectivity index (χ2n) is 5.43. The molecule has 18 heavy (non-hydrogen) atoms. The van der Waals surface area contributed by atoms with E-state index < -0.39 is 11.5 Å². The number of hydrogen-bond acceptors (Lipinski definition) is 4. The summed E-state index contributed by atoms with van der Waals surface area (Å²) in [6.07, 6.45) is 5.90. The number of aromatic nitrogens is 2. The van der Waals surface area contributed by atoms with Gasteiger partial charge in [0.2, 0.25) is 0 Å².